The van der Waals surface area contributed by atoms with E-state index in [2.05, 4.69) is 48.9 Å². The Labute approximate surface area is 228 Å². The first-order chi connectivity index (χ1) is 18.9. The molecule has 2 aromatic heterocycles. The molecule has 2 N–H and O–H groups in total. The minimum absolute atomic E-state index is 0.0161. The highest BCUT2D eigenvalue weighted by atomic mass is 16.2. The summed E-state index contributed by atoms with van der Waals surface area (Å²) in [6.07, 6.45) is 7.49. The van der Waals surface area contributed by atoms with Gasteiger partial charge >= 0.3 is 0 Å². The van der Waals surface area contributed by atoms with Crippen molar-refractivity contribution in [1.29, 1.82) is 0 Å². The maximum absolute atomic E-state index is 13.6. The van der Waals surface area contributed by atoms with E-state index in [4.69, 9.17) is 5.10 Å². The molecule has 1 aliphatic heterocycles. The number of benzene rings is 2. The summed E-state index contributed by atoms with van der Waals surface area (Å²) < 4.78 is 1.95. The van der Waals surface area contributed by atoms with Crippen molar-refractivity contribution in [3.8, 4) is 0 Å². The summed E-state index contributed by atoms with van der Waals surface area (Å²) in [5.74, 6) is -0.392. The number of carbonyl (C=O) groups excluding carboxylic acids is 2. The Morgan fingerprint density at radius 2 is 1.97 bits per heavy atom. The molecule has 1 atom stereocenters. The number of aromatic nitrogens is 3. The third-order valence-corrected chi connectivity index (χ3v) is 7.14. The predicted octanol–water partition coefficient (Wildman–Crippen LogP) is 6.09. The van der Waals surface area contributed by atoms with Gasteiger partial charge in [0.05, 0.1) is 13.1 Å². The van der Waals surface area contributed by atoms with Crippen LogP contribution in [-0.4, -0.2) is 38.0 Å². The van der Waals surface area contributed by atoms with Gasteiger partial charge in [0.1, 0.15) is 5.69 Å². The van der Waals surface area contributed by atoms with Gasteiger partial charge in [-0.25, -0.2) is 0 Å². The first-order valence-electron chi connectivity index (χ1n) is 13.1. The summed E-state index contributed by atoms with van der Waals surface area (Å²) in [7, 11) is 0. The van der Waals surface area contributed by atoms with E-state index in [1.165, 1.54) is 0 Å². The number of rotatable bonds is 7. The molecule has 1 unspecified atom stereocenters. The number of nitrogens with one attached hydrogen (secondary N) is 2. The third-order valence-electron chi connectivity index (χ3n) is 7.14. The molecule has 0 fully saturated rings. The molecule has 198 valence electrons. The van der Waals surface area contributed by atoms with Crippen LogP contribution in [0.4, 0.5) is 5.69 Å². The number of amides is 2. The van der Waals surface area contributed by atoms with Gasteiger partial charge in [0, 0.05) is 35.6 Å². The highest BCUT2D eigenvalue weighted by molar-refractivity contribution is 6.04. The summed E-state index contributed by atoms with van der Waals surface area (Å²) in [5.41, 5.74) is 7.77. The number of anilines is 1. The summed E-state index contributed by atoms with van der Waals surface area (Å²) in [5, 5.41) is 7.89. The van der Waals surface area contributed by atoms with Gasteiger partial charge in [-0.1, -0.05) is 62.1 Å². The molecule has 0 saturated heterocycles. The number of allylic oxidation sites excluding steroid dienone is 2. The van der Waals surface area contributed by atoms with Crippen LogP contribution in [0.5, 0.6) is 0 Å². The fraction of sp³-hybridized carbons (Fsp3) is 0.219. The Kier molecular flexibility index (Phi) is 7.32. The quantitative estimate of drug-likeness (QED) is 0.290. The van der Waals surface area contributed by atoms with Gasteiger partial charge < -0.3 is 15.2 Å². The number of hydrogen-bond donors (Lipinski definition) is 2. The van der Waals surface area contributed by atoms with E-state index in [9.17, 15) is 9.59 Å². The van der Waals surface area contributed by atoms with Gasteiger partial charge in [0.25, 0.3) is 11.8 Å². The molecule has 39 heavy (non-hydrogen) atoms. The lowest BCUT2D eigenvalue weighted by atomic mass is 9.95. The van der Waals surface area contributed by atoms with E-state index < -0.39 is 0 Å². The summed E-state index contributed by atoms with van der Waals surface area (Å²) in [6.45, 7) is 11.3. The number of hydrogen-bond acceptors (Lipinski definition) is 3. The number of aryl methyl sites for hydroxylation is 2. The molecular formula is C32H33N5O2. The highest BCUT2D eigenvalue weighted by Gasteiger charge is 2.34. The molecule has 7 nitrogen and oxygen atoms in total. The van der Waals surface area contributed by atoms with Gasteiger partial charge in [0.15, 0.2) is 5.69 Å². The van der Waals surface area contributed by atoms with Crippen molar-refractivity contribution in [2.75, 3.05) is 11.9 Å². The number of H-pyrrole nitrogens is 1. The molecule has 0 radical (unpaired) electrons. The lowest BCUT2D eigenvalue weighted by molar-refractivity contribution is 0.0711. The van der Waals surface area contributed by atoms with Crippen LogP contribution in [-0.2, 0) is 13.1 Å². The first kappa shape index (κ1) is 26.0. The van der Waals surface area contributed by atoms with Crippen LogP contribution in [0.15, 0.2) is 79.5 Å². The number of aromatic amines is 1. The van der Waals surface area contributed by atoms with Crippen molar-refractivity contribution in [1.82, 2.24) is 19.7 Å². The SMILES string of the molecule is C=C/C=C\c1c(C)cccc1Cn1nc(C(=O)Nc2cccc(C)c2)c2c1C(C)CN(C(=O)c1ccc[nH]1)C2. The van der Waals surface area contributed by atoms with E-state index in [0.717, 1.165) is 33.5 Å². The molecule has 0 saturated carbocycles. The normalized spacial score (nSPS) is 14.8. The molecule has 7 heteroatoms. The Balaban J connectivity index is 1.56. The highest BCUT2D eigenvalue weighted by Crippen LogP contribution is 2.33. The van der Waals surface area contributed by atoms with Gasteiger partial charge in [0.2, 0.25) is 0 Å². The molecule has 3 heterocycles. The second kappa shape index (κ2) is 11.0. The summed E-state index contributed by atoms with van der Waals surface area (Å²) in [4.78, 5) is 31.7. The number of fused-ring (bicyclic) bond motifs is 1. The van der Waals surface area contributed by atoms with Crippen LogP contribution in [0.25, 0.3) is 6.08 Å². The van der Waals surface area contributed by atoms with Crippen molar-refractivity contribution in [3.05, 3.63) is 124 Å². The predicted molar refractivity (Wildman–Crippen MR) is 155 cm³/mol. The Morgan fingerprint density at radius 3 is 2.72 bits per heavy atom. The first-order valence-corrected chi connectivity index (χ1v) is 13.1. The monoisotopic (exact) mass is 519 g/mol. The van der Waals surface area contributed by atoms with Crippen molar-refractivity contribution in [3.63, 3.8) is 0 Å². The van der Waals surface area contributed by atoms with E-state index in [-0.39, 0.29) is 17.7 Å². The van der Waals surface area contributed by atoms with Crippen molar-refractivity contribution in [2.45, 2.75) is 39.8 Å². The van der Waals surface area contributed by atoms with Crippen LogP contribution in [0, 0.1) is 13.8 Å². The molecule has 2 aromatic carbocycles. The van der Waals surface area contributed by atoms with E-state index >= 15 is 0 Å². The largest absolute Gasteiger partial charge is 0.357 e. The molecular weight excluding hydrogens is 486 g/mol. The Hall–Kier alpha value is -4.65. The molecule has 0 bridgehead atoms. The molecule has 1 aliphatic rings. The van der Waals surface area contributed by atoms with Crippen molar-refractivity contribution >= 4 is 23.6 Å². The topological polar surface area (TPSA) is 83.0 Å². The van der Waals surface area contributed by atoms with Crippen LogP contribution < -0.4 is 5.32 Å². The Bertz CT molecular complexity index is 1560. The maximum Gasteiger partial charge on any atom is 0.276 e. The fourth-order valence-electron chi connectivity index (χ4n) is 5.34. The summed E-state index contributed by atoms with van der Waals surface area (Å²) in [6, 6.07) is 17.5. The average Bonchev–Trinajstić information content (AvgIpc) is 3.57. The minimum atomic E-state index is -0.284. The van der Waals surface area contributed by atoms with E-state index in [0.29, 0.717) is 36.7 Å². The zero-order chi connectivity index (χ0) is 27.5. The van der Waals surface area contributed by atoms with Crippen molar-refractivity contribution < 1.29 is 9.59 Å². The lowest BCUT2D eigenvalue weighted by Crippen LogP contribution is -2.38. The minimum Gasteiger partial charge on any atom is -0.357 e. The summed E-state index contributed by atoms with van der Waals surface area (Å²) >= 11 is 0. The molecule has 0 spiro atoms. The van der Waals surface area contributed by atoms with Crippen LogP contribution >= 0.6 is 0 Å². The maximum atomic E-state index is 13.6. The molecule has 5 rings (SSSR count). The fourth-order valence-corrected chi connectivity index (χ4v) is 5.34. The number of nitrogens with zero attached hydrogens (tertiary/aromatic N) is 3. The standard InChI is InChI=1S/C32H33N5O2/c1-5-6-14-26-22(3)11-8-12-24(26)19-37-30-23(4)18-36(32(39)28-15-9-16-33-28)20-27(30)29(35-37)31(38)34-25-13-7-10-21(2)17-25/h5-17,23,33H,1,18-20H2,2-4H3,(H,34,38)/b14-6-. The van der Waals surface area contributed by atoms with Gasteiger partial charge in [-0.15, -0.1) is 0 Å². The van der Waals surface area contributed by atoms with Gasteiger partial charge in [-0.05, 0) is 60.4 Å². The zero-order valence-corrected chi connectivity index (χ0v) is 22.6. The van der Waals surface area contributed by atoms with Gasteiger partial charge in [-0.3, -0.25) is 14.3 Å². The van der Waals surface area contributed by atoms with E-state index in [1.54, 1.807) is 23.2 Å². The second-order valence-electron chi connectivity index (χ2n) is 10.1. The molecule has 2 amide bonds. The van der Waals surface area contributed by atoms with Crippen LogP contribution in [0.3, 0.4) is 0 Å². The van der Waals surface area contributed by atoms with Crippen LogP contribution in [0.2, 0.25) is 0 Å². The second-order valence-corrected chi connectivity index (χ2v) is 10.1. The zero-order valence-electron chi connectivity index (χ0n) is 22.6. The average molecular weight is 520 g/mol. The number of carbonyl (C=O) groups is 2. The van der Waals surface area contributed by atoms with Crippen molar-refractivity contribution in [2.24, 2.45) is 0 Å². The van der Waals surface area contributed by atoms with E-state index in [1.807, 2.05) is 54.1 Å². The lowest BCUT2D eigenvalue weighted by Gasteiger charge is -2.32. The van der Waals surface area contributed by atoms with Crippen LogP contribution in [0.1, 0.15) is 67.3 Å². The third kappa shape index (κ3) is 5.34. The molecule has 4 aromatic rings. The Morgan fingerprint density at radius 1 is 1.15 bits per heavy atom. The smallest absolute Gasteiger partial charge is 0.276 e. The van der Waals surface area contributed by atoms with Gasteiger partial charge in [-0.2, -0.15) is 5.10 Å². The molecule has 0 aliphatic carbocycles.